The van der Waals surface area contributed by atoms with Crippen LogP contribution in [0.3, 0.4) is 0 Å². The Kier molecular flexibility index (Phi) is 5.57. The molecule has 0 unspecified atom stereocenters. The highest BCUT2D eigenvalue weighted by atomic mass is 16.5. The van der Waals surface area contributed by atoms with Crippen LogP contribution in [-0.4, -0.2) is 30.8 Å². The first-order valence-electron chi connectivity index (χ1n) is 7.60. The highest BCUT2D eigenvalue weighted by Crippen LogP contribution is 2.30. The first-order chi connectivity index (χ1) is 11.4. The lowest BCUT2D eigenvalue weighted by Gasteiger charge is -2.15. The third-order valence-corrected chi connectivity index (χ3v) is 3.41. The lowest BCUT2D eigenvalue weighted by molar-refractivity contribution is 0.382. The molecule has 2 rings (SSSR count). The minimum Gasteiger partial charge on any atom is -0.481 e. The van der Waals surface area contributed by atoms with Crippen molar-refractivity contribution in [1.82, 2.24) is 10.3 Å². The highest BCUT2D eigenvalue weighted by molar-refractivity contribution is 5.83. The molecule has 0 radical (unpaired) electrons. The number of pyridine rings is 1. The molecule has 0 saturated heterocycles. The molecule has 0 aliphatic heterocycles. The van der Waals surface area contributed by atoms with Crippen LogP contribution in [0, 0.1) is 0 Å². The average Bonchev–Trinajstić information content (AvgIpc) is 3.37. The third-order valence-electron chi connectivity index (χ3n) is 3.41. The summed E-state index contributed by atoms with van der Waals surface area (Å²) in [5.74, 6) is 2.21. The molecule has 128 valence electrons. The smallest absolute Gasteiger partial charge is 0.221 e. The van der Waals surface area contributed by atoms with Gasteiger partial charge in [0.25, 0.3) is 0 Å². The number of nitrogens with one attached hydrogen (secondary N) is 1. The van der Waals surface area contributed by atoms with Crippen molar-refractivity contribution in [2.24, 2.45) is 15.7 Å². The molecule has 1 fully saturated rings. The molecule has 0 bridgehead atoms. The van der Waals surface area contributed by atoms with Crippen LogP contribution in [0.5, 0.6) is 11.6 Å². The molecule has 1 aromatic heterocycles. The van der Waals surface area contributed by atoms with E-state index in [0.29, 0.717) is 29.3 Å². The second kappa shape index (κ2) is 7.63. The zero-order chi connectivity index (χ0) is 17.7. The summed E-state index contributed by atoms with van der Waals surface area (Å²) >= 11 is 0. The van der Waals surface area contributed by atoms with Gasteiger partial charge in [0, 0.05) is 23.9 Å². The quantitative estimate of drug-likeness (QED) is 0.455. The maximum absolute atomic E-state index is 6.00. The summed E-state index contributed by atoms with van der Waals surface area (Å²) in [5.41, 5.74) is 7.30. The first kappa shape index (κ1) is 17.5. The molecule has 1 aliphatic carbocycles. The van der Waals surface area contributed by atoms with E-state index < -0.39 is 0 Å². The van der Waals surface area contributed by atoms with Crippen LogP contribution in [0.1, 0.15) is 32.3 Å². The average molecular weight is 329 g/mol. The van der Waals surface area contributed by atoms with Gasteiger partial charge in [0.15, 0.2) is 5.82 Å². The molecule has 7 heteroatoms. The van der Waals surface area contributed by atoms with E-state index in [1.807, 2.05) is 6.92 Å². The number of hydrogen-bond acceptors (Lipinski definition) is 5. The number of hydrogen-bond donors (Lipinski definition) is 2. The molecule has 0 aromatic carbocycles. The molecule has 1 heterocycles. The van der Waals surface area contributed by atoms with E-state index in [1.165, 1.54) is 0 Å². The molecule has 0 amide bonds. The first-order valence-corrected chi connectivity index (χ1v) is 7.60. The van der Waals surface area contributed by atoms with Gasteiger partial charge in [-0.2, -0.15) is 4.99 Å². The summed E-state index contributed by atoms with van der Waals surface area (Å²) < 4.78 is 11.2. The number of aliphatic imine (C=N–C) groups is 2. The Labute approximate surface area is 142 Å². The number of aromatic nitrogens is 1. The van der Waals surface area contributed by atoms with E-state index in [2.05, 4.69) is 33.6 Å². The van der Waals surface area contributed by atoms with E-state index in [-0.39, 0.29) is 5.96 Å². The van der Waals surface area contributed by atoms with E-state index in [4.69, 9.17) is 15.2 Å². The maximum Gasteiger partial charge on any atom is 0.221 e. The van der Waals surface area contributed by atoms with Crippen molar-refractivity contribution in [3.8, 4) is 11.6 Å². The second-order valence-corrected chi connectivity index (χ2v) is 5.56. The summed E-state index contributed by atoms with van der Waals surface area (Å²) in [6.45, 7) is 11.0. The molecule has 1 aromatic rings. The molecule has 1 saturated carbocycles. The minimum atomic E-state index is 0.0773. The van der Waals surface area contributed by atoms with Crippen LogP contribution in [0.2, 0.25) is 0 Å². The summed E-state index contributed by atoms with van der Waals surface area (Å²) in [6.07, 6.45) is 3.85. The number of allylic oxidation sites excluding steroid dienone is 2. The molecule has 1 aliphatic rings. The van der Waals surface area contributed by atoms with Gasteiger partial charge in [0.05, 0.1) is 7.11 Å². The topological polar surface area (TPSA) is 94.1 Å². The van der Waals surface area contributed by atoms with Crippen LogP contribution in [0.15, 0.2) is 40.4 Å². The van der Waals surface area contributed by atoms with Crippen molar-refractivity contribution in [3.05, 3.63) is 36.0 Å². The molecule has 0 spiro atoms. The number of nitrogens with zero attached hydrogens (tertiary/aromatic N) is 3. The van der Waals surface area contributed by atoms with Crippen molar-refractivity contribution >= 4 is 18.3 Å². The zero-order valence-electron chi connectivity index (χ0n) is 14.3. The zero-order valence-corrected chi connectivity index (χ0v) is 14.3. The van der Waals surface area contributed by atoms with Gasteiger partial charge < -0.3 is 20.5 Å². The molecular weight excluding hydrogens is 306 g/mol. The summed E-state index contributed by atoms with van der Waals surface area (Å²) in [5, 5.41) is 3.28. The Balaban J connectivity index is 2.37. The SMILES string of the molecule is C=NC(N)=N/C(NC1CC1)=C(\C)Oc1cc(OC)ncc1C(=C)C. The number of nitrogens with two attached hydrogens (primary N) is 1. The fourth-order valence-corrected chi connectivity index (χ4v) is 1.93. The van der Waals surface area contributed by atoms with Crippen molar-refractivity contribution in [1.29, 1.82) is 0 Å². The Morgan fingerprint density at radius 1 is 1.42 bits per heavy atom. The summed E-state index contributed by atoms with van der Waals surface area (Å²) in [7, 11) is 1.55. The highest BCUT2D eigenvalue weighted by Gasteiger charge is 2.23. The largest absolute Gasteiger partial charge is 0.481 e. The fraction of sp³-hybridized carbons (Fsp3) is 0.353. The number of methoxy groups -OCH3 is 1. The minimum absolute atomic E-state index is 0.0773. The summed E-state index contributed by atoms with van der Waals surface area (Å²) in [6, 6.07) is 2.09. The molecule has 3 N–H and O–H groups in total. The predicted octanol–water partition coefficient (Wildman–Crippen LogP) is 2.46. The van der Waals surface area contributed by atoms with Crippen LogP contribution < -0.4 is 20.5 Å². The van der Waals surface area contributed by atoms with Gasteiger partial charge in [0.1, 0.15) is 11.5 Å². The van der Waals surface area contributed by atoms with Crippen LogP contribution in [0.4, 0.5) is 0 Å². The van der Waals surface area contributed by atoms with Crippen LogP contribution in [-0.2, 0) is 0 Å². The van der Waals surface area contributed by atoms with Crippen molar-refractivity contribution in [2.75, 3.05) is 7.11 Å². The Morgan fingerprint density at radius 2 is 2.12 bits per heavy atom. The van der Waals surface area contributed by atoms with Gasteiger partial charge >= 0.3 is 0 Å². The molecule has 7 nitrogen and oxygen atoms in total. The van der Waals surface area contributed by atoms with E-state index >= 15 is 0 Å². The maximum atomic E-state index is 6.00. The van der Waals surface area contributed by atoms with Gasteiger partial charge in [-0.25, -0.2) is 9.98 Å². The van der Waals surface area contributed by atoms with Gasteiger partial charge in [0.2, 0.25) is 11.8 Å². The van der Waals surface area contributed by atoms with Crippen molar-refractivity contribution < 1.29 is 9.47 Å². The van der Waals surface area contributed by atoms with Crippen LogP contribution in [0.25, 0.3) is 5.57 Å². The van der Waals surface area contributed by atoms with Gasteiger partial charge in [-0.05, 0) is 39.0 Å². The molecule has 0 atom stereocenters. The van der Waals surface area contributed by atoms with E-state index in [0.717, 1.165) is 24.0 Å². The summed E-state index contributed by atoms with van der Waals surface area (Å²) in [4.78, 5) is 12.0. The number of ether oxygens (including phenoxy) is 2. The van der Waals surface area contributed by atoms with E-state index in [9.17, 15) is 0 Å². The van der Waals surface area contributed by atoms with Gasteiger partial charge in [-0.3, -0.25) is 0 Å². The lowest BCUT2D eigenvalue weighted by atomic mass is 10.1. The second-order valence-electron chi connectivity index (χ2n) is 5.56. The Morgan fingerprint density at radius 3 is 2.67 bits per heavy atom. The van der Waals surface area contributed by atoms with Gasteiger partial charge in [-0.15, -0.1) is 0 Å². The van der Waals surface area contributed by atoms with E-state index in [1.54, 1.807) is 26.3 Å². The lowest BCUT2D eigenvalue weighted by Crippen LogP contribution is -2.20. The number of rotatable bonds is 7. The van der Waals surface area contributed by atoms with Crippen molar-refractivity contribution in [2.45, 2.75) is 32.7 Å². The predicted molar refractivity (Wildman–Crippen MR) is 96.2 cm³/mol. The number of guanidine groups is 1. The van der Waals surface area contributed by atoms with Gasteiger partial charge in [-0.1, -0.05) is 6.58 Å². The molecular formula is C17H23N5O2. The Hall–Kier alpha value is -2.83. The third kappa shape index (κ3) is 4.58. The standard InChI is InChI=1S/C17H23N5O2/c1-10(2)13-9-20-15(23-5)8-14(13)24-11(3)16(21-12-6-7-12)22-17(18)19-4/h8-9,12,21H,1,4,6-7H2,2-3,5H3,(H2,18,22)/b16-11+. The monoisotopic (exact) mass is 329 g/mol. The normalized spacial score (nSPS) is 15.4. The Bertz CT molecular complexity index is 705. The van der Waals surface area contributed by atoms with Crippen molar-refractivity contribution in [3.63, 3.8) is 0 Å². The molecule has 24 heavy (non-hydrogen) atoms. The fourth-order valence-electron chi connectivity index (χ4n) is 1.93. The van der Waals surface area contributed by atoms with Crippen LogP contribution >= 0.6 is 0 Å².